The Morgan fingerprint density at radius 3 is 0.911 bits per heavy atom. The fourth-order valence-corrected chi connectivity index (χ4v) is 19.1. The summed E-state index contributed by atoms with van der Waals surface area (Å²) < 4.78 is 122. The number of hydrogen-bond donors (Lipinski definition) is 6. The molecule has 112 heavy (non-hydrogen) atoms. The van der Waals surface area contributed by atoms with Crippen molar-refractivity contribution in [3.63, 3.8) is 0 Å². The largest absolute Gasteiger partial charge is 0.378 e. The zero-order chi connectivity index (χ0) is 80.6. The second-order valence-electron chi connectivity index (χ2n) is 28.4. The molecule has 6 aromatic carbocycles. The van der Waals surface area contributed by atoms with Gasteiger partial charge < -0.3 is 64.0 Å². The van der Waals surface area contributed by atoms with Crippen LogP contribution in [0, 0.1) is 0 Å². The minimum Gasteiger partial charge on any atom is -0.378 e. The van der Waals surface area contributed by atoms with E-state index in [1.165, 1.54) is 0 Å². The van der Waals surface area contributed by atoms with E-state index in [9.17, 15) is 39.6 Å². The first kappa shape index (κ1) is 90.7. The summed E-state index contributed by atoms with van der Waals surface area (Å²) in [5.41, 5.74) is 7.50. The number of nitrogens with one attached hydrogen (secondary N) is 6. The van der Waals surface area contributed by atoms with Crippen LogP contribution in [0.3, 0.4) is 0 Å². The first-order chi connectivity index (χ1) is 53.5. The Hall–Kier alpha value is -5.20. The van der Waals surface area contributed by atoms with Gasteiger partial charge in [0.2, 0.25) is 47.8 Å². The van der Waals surface area contributed by atoms with Crippen molar-refractivity contribution >= 4 is 117 Å². The van der Waals surface area contributed by atoms with Gasteiger partial charge in [-0.15, -0.1) is 0 Å². The zero-order valence-electron chi connectivity index (χ0n) is 63.7. The average molecular weight is 1730 g/mol. The summed E-state index contributed by atoms with van der Waals surface area (Å²) >= 11 is 38.9. The standard InChI is InChI=1S/C78H102Cl6N10O15S3/c1-91(2)78(18-15-75(95)85-21-27-104-33-36-107-30-24-88-110(98,99)60-12-6-9-54(39-60)66-48-92(3)51-69-63(66)42-57(79)45-72(69)82,19-16-76(96)86-22-28-105-34-37-108-31-25-89-111(100,101)61-13-7-10-55(40-61)67-49-93(4)52-70-64(67)43-58(80)46-73(70)83)20-17-77(97)87-23-29-106-35-38-109-32-26-90-112(102,103)62-14-8-11-56(41-62)68-50-94(5)53-71-65(68)44-59(81)47-74(71)84/h6-14,39-47,66-68,88-90H,15-38,48-53H2,1-5H3,(H,85,95)(H,86,96)(H,87,97)/t66-,67-,68-/m0/s1. The van der Waals surface area contributed by atoms with Crippen LogP contribution in [0.25, 0.3) is 0 Å². The topological polar surface area (TPSA) is 294 Å². The number of likely N-dealkylation sites (N-methyl/N-ethyl adjacent to an activating group) is 3. The number of fused-ring (bicyclic) bond motifs is 3. The Morgan fingerprint density at radius 1 is 0.393 bits per heavy atom. The number of halogens is 6. The number of sulfonamides is 3. The second-order valence-corrected chi connectivity index (χ2v) is 36.2. The number of carbonyl (C=O) groups excluding carboxylic acids is 3. The Kier molecular flexibility index (Phi) is 35.5. The van der Waals surface area contributed by atoms with Crippen molar-refractivity contribution in [1.29, 1.82) is 0 Å². The van der Waals surface area contributed by atoms with Crippen molar-refractivity contribution < 1.29 is 68.1 Å². The summed E-state index contributed by atoms with van der Waals surface area (Å²) in [4.78, 5) is 49.0. The molecule has 0 aliphatic carbocycles. The lowest BCUT2D eigenvalue weighted by Gasteiger charge is -2.40. The summed E-state index contributed by atoms with van der Waals surface area (Å²) in [6.45, 7) is 6.52. The molecule has 3 heterocycles. The number of amides is 3. The molecular weight excluding hydrogens is 1630 g/mol. The maximum Gasteiger partial charge on any atom is 0.240 e. The van der Waals surface area contributed by atoms with E-state index in [1.807, 2.05) is 76.5 Å². The normalized spacial score (nSPS) is 16.4. The number of hydrogen-bond acceptors (Lipinski definition) is 19. The predicted octanol–water partition coefficient (Wildman–Crippen LogP) is 9.66. The van der Waals surface area contributed by atoms with Crippen LogP contribution < -0.4 is 30.1 Å². The van der Waals surface area contributed by atoms with E-state index in [2.05, 4.69) is 44.8 Å². The maximum absolute atomic E-state index is 13.4. The van der Waals surface area contributed by atoms with Gasteiger partial charge in [0.25, 0.3) is 0 Å². The van der Waals surface area contributed by atoms with Gasteiger partial charge in [0, 0.05) is 151 Å². The van der Waals surface area contributed by atoms with E-state index in [4.69, 9.17) is 98.0 Å². The fourth-order valence-electron chi connectivity index (χ4n) is 14.2. The van der Waals surface area contributed by atoms with E-state index < -0.39 is 35.6 Å². The molecule has 0 radical (unpaired) electrons. The van der Waals surface area contributed by atoms with E-state index in [0.29, 0.717) is 88.7 Å². The van der Waals surface area contributed by atoms with Crippen molar-refractivity contribution in [3.8, 4) is 0 Å². The lowest BCUT2D eigenvalue weighted by Crippen LogP contribution is -2.47. The molecule has 6 N–H and O–H groups in total. The molecule has 0 spiro atoms. The van der Waals surface area contributed by atoms with Gasteiger partial charge in [0.15, 0.2) is 0 Å². The molecule has 614 valence electrons. The van der Waals surface area contributed by atoms with Crippen molar-refractivity contribution in [2.24, 2.45) is 0 Å². The van der Waals surface area contributed by atoms with Gasteiger partial charge in [-0.1, -0.05) is 106 Å². The highest BCUT2D eigenvalue weighted by molar-refractivity contribution is 7.90. The first-order valence-electron chi connectivity index (χ1n) is 37.2. The molecule has 0 bridgehead atoms. The summed E-state index contributed by atoms with van der Waals surface area (Å²) in [6.07, 6.45) is 1.16. The van der Waals surface area contributed by atoms with Crippen LogP contribution in [-0.4, -0.2) is 242 Å². The van der Waals surface area contributed by atoms with E-state index >= 15 is 0 Å². The van der Waals surface area contributed by atoms with Gasteiger partial charge in [0.05, 0.1) is 94.0 Å². The van der Waals surface area contributed by atoms with E-state index in [1.54, 1.807) is 72.8 Å². The van der Waals surface area contributed by atoms with Crippen molar-refractivity contribution in [1.82, 2.24) is 49.7 Å². The zero-order valence-corrected chi connectivity index (χ0v) is 70.7. The van der Waals surface area contributed by atoms with Crippen LogP contribution in [-0.2, 0) is 92.5 Å². The summed E-state index contributed by atoms with van der Waals surface area (Å²) in [5.74, 6) is -1.17. The SMILES string of the molecule is CN1Cc2c(Cl)cc(Cl)cc2[C@H](c2cccc(S(=O)(=O)NCCOCCOCCNC(=O)CCC(CCC(=O)NCCOCCOCCNS(=O)(=O)c3cccc([C@@H]4CN(C)Cc5c(Cl)cc(Cl)cc54)c3)(CCC(=O)NCCOCCOCCNS(=O)(=O)c3cccc([C@@H]4CN(C)Cc5c(Cl)cc(Cl)cc54)c3)N(C)C)c2)C1. The summed E-state index contributed by atoms with van der Waals surface area (Å²) in [6, 6.07) is 31.4. The highest BCUT2D eigenvalue weighted by Crippen LogP contribution is 2.43. The van der Waals surface area contributed by atoms with Crippen LogP contribution in [0.5, 0.6) is 0 Å². The van der Waals surface area contributed by atoms with Crippen molar-refractivity contribution in [2.45, 2.75) is 96.1 Å². The lowest BCUT2D eigenvalue weighted by atomic mass is 9.82. The molecule has 9 rings (SSSR count). The minimum absolute atomic E-state index is 0.0247. The predicted molar refractivity (Wildman–Crippen MR) is 437 cm³/mol. The van der Waals surface area contributed by atoms with Gasteiger partial charge in [-0.3, -0.25) is 14.4 Å². The monoisotopic (exact) mass is 1720 g/mol. The molecular formula is C78H102Cl6N10O15S3. The Morgan fingerprint density at radius 2 is 0.652 bits per heavy atom. The molecule has 0 saturated carbocycles. The third kappa shape index (κ3) is 26.9. The number of benzene rings is 6. The third-order valence-electron chi connectivity index (χ3n) is 20.0. The third-order valence-corrected chi connectivity index (χ3v) is 26.1. The van der Waals surface area contributed by atoms with Gasteiger partial charge in [-0.25, -0.2) is 39.4 Å². The van der Waals surface area contributed by atoms with Gasteiger partial charge in [-0.05, 0) is 177 Å². The van der Waals surface area contributed by atoms with Crippen molar-refractivity contribution in [2.75, 3.05) is 173 Å². The molecule has 3 aliphatic heterocycles. The molecule has 34 heteroatoms. The Bertz CT molecular complexity index is 4080. The molecule has 3 aliphatic rings. The maximum atomic E-state index is 13.4. The van der Waals surface area contributed by atoms with Crippen LogP contribution in [0.1, 0.15) is 106 Å². The molecule has 0 fully saturated rings. The smallest absolute Gasteiger partial charge is 0.240 e. The molecule has 0 unspecified atom stereocenters. The van der Waals surface area contributed by atoms with Gasteiger partial charge in [-0.2, -0.15) is 0 Å². The summed E-state index contributed by atoms with van der Waals surface area (Å²) in [5, 5.41) is 11.9. The quantitative estimate of drug-likeness (QED) is 0.0194. The number of rotatable bonds is 46. The summed E-state index contributed by atoms with van der Waals surface area (Å²) in [7, 11) is -1.96. The molecule has 6 aromatic rings. The number of ether oxygens (including phenoxy) is 6. The van der Waals surface area contributed by atoms with Crippen LogP contribution in [0.15, 0.2) is 124 Å². The highest BCUT2D eigenvalue weighted by atomic mass is 35.5. The lowest BCUT2D eigenvalue weighted by molar-refractivity contribution is -0.122. The van der Waals surface area contributed by atoms with Gasteiger partial charge >= 0.3 is 0 Å². The first-order valence-corrected chi connectivity index (χ1v) is 43.9. The second kappa shape index (κ2) is 43.8. The average Bonchev–Trinajstić information content (AvgIpc) is 0.780. The number of carbonyl (C=O) groups is 3. The Balaban J connectivity index is 0.668. The fraction of sp³-hybridized carbons (Fsp3) is 0.500. The van der Waals surface area contributed by atoms with E-state index in [0.717, 1.165) is 50.1 Å². The highest BCUT2D eigenvalue weighted by Gasteiger charge is 2.36. The Labute approximate surface area is 689 Å². The molecule has 25 nitrogen and oxygen atoms in total. The molecule has 0 aromatic heterocycles. The van der Waals surface area contributed by atoms with Crippen LogP contribution >= 0.6 is 69.6 Å². The van der Waals surface area contributed by atoms with E-state index in [-0.39, 0.29) is 188 Å². The minimum atomic E-state index is -3.88. The van der Waals surface area contributed by atoms with Crippen LogP contribution in [0.2, 0.25) is 30.1 Å². The molecule has 0 saturated heterocycles. The van der Waals surface area contributed by atoms with Gasteiger partial charge in [0.1, 0.15) is 0 Å². The van der Waals surface area contributed by atoms with Crippen molar-refractivity contribution in [3.05, 3.63) is 189 Å². The molecule has 3 atom stereocenters. The van der Waals surface area contributed by atoms with Crippen LogP contribution in [0.4, 0.5) is 0 Å². The molecule has 3 amide bonds. The number of nitrogens with zero attached hydrogens (tertiary/aromatic N) is 4.